The lowest BCUT2D eigenvalue weighted by atomic mass is 10.0. The van der Waals surface area contributed by atoms with Gasteiger partial charge in [-0.15, -0.1) is 0 Å². The monoisotopic (exact) mass is 356 g/mol. The van der Waals surface area contributed by atoms with E-state index in [0.717, 1.165) is 17.7 Å². The van der Waals surface area contributed by atoms with Gasteiger partial charge in [-0.1, -0.05) is 12.1 Å². The maximum atomic E-state index is 12.5. The number of carboxylic acids is 1. The highest BCUT2D eigenvalue weighted by Crippen LogP contribution is 2.28. The predicted octanol–water partition coefficient (Wildman–Crippen LogP) is 2.36. The number of carbonyl (C=O) groups excluding carboxylic acids is 1. The predicted molar refractivity (Wildman–Crippen MR) is 93.5 cm³/mol. The Morgan fingerprint density at radius 2 is 2.08 bits per heavy atom. The fourth-order valence-electron chi connectivity index (χ4n) is 2.73. The van der Waals surface area contributed by atoms with Crippen LogP contribution in [0.2, 0.25) is 0 Å². The SMILES string of the molecule is CC(C)Oc1cccc(C(=O)NC(C(=O)O)c2ccc3c(c2)CCO3)n1. The normalized spacial score (nSPS) is 13.7. The van der Waals surface area contributed by atoms with Crippen LogP contribution in [0.25, 0.3) is 0 Å². The number of carbonyl (C=O) groups is 2. The van der Waals surface area contributed by atoms with Crippen molar-refractivity contribution in [1.82, 2.24) is 10.3 Å². The van der Waals surface area contributed by atoms with Gasteiger partial charge in [0.05, 0.1) is 12.7 Å². The number of hydrogen-bond donors (Lipinski definition) is 2. The molecule has 7 nitrogen and oxygen atoms in total. The van der Waals surface area contributed by atoms with Crippen molar-refractivity contribution in [3.63, 3.8) is 0 Å². The smallest absolute Gasteiger partial charge is 0.330 e. The summed E-state index contributed by atoms with van der Waals surface area (Å²) >= 11 is 0. The number of amides is 1. The Morgan fingerprint density at radius 1 is 1.27 bits per heavy atom. The number of carboxylic acid groups (broad SMARTS) is 1. The highest BCUT2D eigenvalue weighted by molar-refractivity contribution is 5.95. The molecule has 1 atom stereocenters. The van der Waals surface area contributed by atoms with Crippen LogP contribution < -0.4 is 14.8 Å². The fraction of sp³-hybridized carbons (Fsp3) is 0.316. The highest BCUT2D eigenvalue weighted by Gasteiger charge is 2.25. The first-order valence-electron chi connectivity index (χ1n) is 8.37. The molecule has 1 aliphatic rings. The van der Waals surface area contributed by atoms with Gasteiger partial charge in [-0.2, -0.15) is 0 Å². The standard InChI is InChI=1S/C19H20N2O5/c1-11(2)26-16-5-3-4-14(20-16)18(22)21-17(19(23)24)13-6-7-15-12(10-13)8-9-25-15/h3-7,10-11,17H,8-9H2,1-2H3,(H,21,22)(H,23,24). The molecule has 0 saturated carbocycles. The summed E-state index contributed by atoms with van der Waals surface area (Å²) in [7, 11) is 0. The van der Waals surface area contributed by atoms with Gasteiger partial charge in [-0.25, -0.2) is 9.78 Å². The van der Waals surface area contributed by atoms with Crippen LogP contribution in [0.1, 0.15) is 41.5 Å². The second kappa shape index (κ2) is 7.43. The van der Waals surface area contributed by atoms with Crippen molar-refractivity contribution in [2.24, 2.45) is 0 Å². The van der Waals surface area contributed by atoms with E-state index in [2.05, 4.69) is 10.3 Å². The van der Waals surface area contributed by atoms with Crippen molar-refractivity contribution in [3.8, 4) is 11.6 Å². The summed E-state index contributed by atoms with van der Waals surface area (Å²) in [5, 5.41) is 12.1. The summed E-state index contributed by atoms with van der Waals surface area (Å²) in [4.78, 5) is 28.3. The molecule has 0 saturated heterocycles. The minimum Gasteiger partial charge on any atom is -0.493 e. The minimum atomic E-state index is -1.18. The summed E-state index contributed by atoms with van der Waals surface area (Å²) in [6.45, 7) is 4.29. The van der Waals surface area contributed by atoms with Crippen molar-refractivity contribution in [2.45, 2.75) is 32.4 Å². The maximum Gasteiger partial charge on any atom is 0.330 e. The van der Waals surface area contributed by atoms with E-state index in [1.165, 1.54) is 6.07 Å². The van der Waals surface area contributed by atoms with E-state index in [1.54, 1.807) is 30.3 Å². The van der Waals surface area contributed by atoms with E-state index in [0.29, 0.717) is 18.1 Å². The van der Waals surface area contributed by atoms with Crippen LogP contribution in [0.3, 0.4) is 0 Å². The van der Waals surface area contributed by atoms with Gasteiger partial charge in [0.1, 0.15) is 11.4 Å². The quantitative estimate of drug-likeness (QED) is 0.825. The number of hydrogen-bond acceptors (Lipinski definition) is 5. The number of nitrogens with one attached hydrogen (secondary N) is 1. The van der Waals surface area contributed by atoms with Crippen molar-refractivity contribution in [3.05, 3.63) is 53.2 Å². The molecule has 2 aromatic rings. The molecule has 0 radical (unpaired) electrons. The van der Waals surface area contributed by atoms with E-state index < -0.39 is 17.9 Å². The van der Waals surface area contributed by atoms with E-state index >= 15 is 0 Å². The Balaban J connectivity index is 1.80. The van der Waals surface area contributed by atoms with Gasteiger partial charge in [0.2, 0.25) is 5.88 Å². The summed E-state index contributed by atoms with van der Waals surface area (Å²) in [6, 6.07) is 8.76. The number of rotatable bonds is 6. The van der Waals surface area contributed by atoms with Crippen LogP contribution in [-0.4, -0.2) is 34.7 Å². The molecule has 1 amide bonds. The van der Waals surface area contributed by atoms with Gasteiger partial charge in [0.25, 0.3) is 5.91 Å². The van der Waals surface area contributed by atoms with Crippen LogP contribution in [-0.2, 0) is 11.2 Å². The molecule has 2 N–H and O–H groups in total. The zero-order valence-corrected chi connectivity index (χ0v) is 14.6. The molecule has 26 heavy (non-hydrogen) atoms. The second-order valence-corrected chi connectivity index (χ2v) is 6.24. The number of aliphatic carboxylic acids is 1. The Bertz CT molecular complexity index is 834. The lowest BCUT2D eigenvalue weighted by Crippen LogP contribution is -2.34. The number of nitrogens with zero attached hydrogens (tertiary/aromatic N) is 1. The van der Waals surface area contributed by atoms with Gasteiger partial charge in [0.15, 0.2) is 6.04 Å². The van der Waals surface area contributed by atoms with Gasteiger partial charge < -0.3 is 19.9 Å². The van der Waals surface area contributed by atoms with E-state index in [-0.39, 0.29) is 11.8 Å². The maximum absolute atomic E-state index is 12.5. The lowest BCUT2D eigenvalue weighted by molar-refractivity contribution is -0.139. The van der Waals surface area contributed by atoms with Crippen LogP contribution >= 0.6 is 0 Å². The molecule has 1 aliphatic heterocycles. The molecule has 3 rings (SSSR count). The molecule has 2 heterocycles. The molecular weight excluding hydrogens is 336 g/mol. The second-order valence-electron chi connectivity index (χ2n) is 6.24. The zero-order chi connectivity index (χ0) is 18.7. The molecule has 1 unspecified atom stereocenters. The van der Waals surface area contributed by atoms with Crippen molar-refractivity contribution in [2.75, 3.05) is 6.61 Å². The average Bonchev–Trinajstić information content (AvgIpc) is 3.06. The summed E-state index contributed by atoms with van der Waals surface area (Å²) in [5.41, 5.74) is 1.53. The van der Waals surface area contributed by atoms with Gasteiger partial charge in [0, 0.05) is 12.5 Å². The lowest BCUT2D eigenvalue weighted by Gasteiger charge is -2.16. The third kappa shape index (κ3) is 3.93. The topological polar surface area (TPSA) is 97.8 Å². The highest BCUT2D eigenvalue weighted by atomic mass is 16.5. The van der Waals surface area contributed by atoms with Gasteiger partial charge >= 0.3 is 5.97 Å². The van der Waals surface area contributed by atoms with Crippen LogP contribution in [0.5, 0.6) is 11.6 Å². The summed E-state index contributed by atoms with van der Waals surface area (Å²) in [6.07, 6.45) is 0.640. The molecule has 136 valence electrons. The van der Waals surface area contributed by atoms with Crippen LogP contribution in [0.4, 0.5) is 0 Å². The van der Waals surface area contributed by atoms with Crippen molar-refractivity contribution >= 4 is 11.9 Å². The molecule has 1 aromatic heterocycles. The average molecular weight is 356 g/mol. The fourth-order valence-corrected chi connectivity index (χ4v) is 2.73. The molecule has 0 spiro atoms. The third-order valence-corrected chi connectivity index (χ3v) is 3.88. The Labute approximate surface area is 151 Å². The number of aromatic nitrogens is 1. The van der Waals surface area contributed by atoms with Gasteiger partial charge in [-0.05, 0) is 43.2 Å². The molecule has 0 aliphatic carbocycles. The third-order valence-electron chi connectivity index (χ3n) is 3.88. The number of benzene rings is 1. The first-order chi connectivity index (χ1) is 12.4. The largest absolute Gasteiger partial charge is 0.493 e. The first kappa shape index (κ1) is 17.7. The van der Waals surface area contributed by atoms with Crippen LogP contribution in [0, 0.1) is 0 Å². The molecule has 7 heteroatoms. The van der Waals surface area contributed by atoms with Crippen molar-refractivity contribution < 1.29 is 24.2 Å². The summed E-state index contributed by atoms with van der Waals surface area (Å²) in [5.74, 6) is -0.659. The number of ether oxygens (including phenoxy) is 2. The van der Waals surface area contributed by atoms with Crippen molar-refractivity contribution in [1.29, 1.82) is 0 Å². The first-order valence-corrected chi connectivity index (χ1v) is 8.37. The molecule has 0 bridgehead atoms. The Kier molecular flexibility index (Phi) is 5.06. The molecular formula is C19H20N2O5. The zero-order valence-electron chi connectivity index (χ0n) is 14.6. The van der Waals surface area contributed by atoms with Gasteiger partial charge in [-0.3, -0.25) is 4.79 Å². The Hall–Kier alpha value is -3.09. The molecule has 0 fully saturated rings. The number of fused-ring (bicyclic) bond motifs is 1. The molecule has 1 aromatic carbocycles. The Morgan fingerprint density at radius 3 is 2.81 bits per heavy atom. The van der Waals surface area contributed by atoms with E-state index in [1.807, 2.05) is 13.8 Å². The summed E-state index contributed by atoms with van der Waals surface area (Å²) < 4.78 is 10.9. The minimum absolute atomic E-state index is 0.0822. The van der Waals surface area contributed by atoms with Crippen LogP contribution in [0.15, 0.2) is 36.4 Å². The van der Waals surface area contributed by atoms with E-state index in [9.17, 15) is 14.7 Å². The number of pyridine rings is 1. The van der Waals surface area contributed by atoms with E-state index in [4.69, 9.17) is 9.47 Å².